The number of rotatable bonds is 6. The van der Waals surface area contributed by atoms with Crippen molar-refractivity contribution in [2.24, 2.45) is 7.05 Å². The van der Waals surface area contributed by atoms with Gasteiger partial charge in [-0.1, -0.05) is 6.92 Å². The summed E-state index contributed by atoms with van der Waals surface area (Å²) in [6, 6.07) is 1.33. The largest absolute Gasteiger partial charge is 0.461 e. The van der Waals surface area contributed by atoms with Crippen LogP contribution in [0.1, 0.15) is 44.6 Å². The lowest BCUT2D eigenvalue weighted by Gasteiger charge is -2.23. The molecule has 0 aromatic carbocycles. The molecule has 1 heterocycles. The molecule has 114 valence electrons. The predicted octanol–water partition coefficient (Wildman–Crippen LogP) is 1.67. The molecule has 0 fully saturated rings. The Kier molecular flexibility index (Phi) is 4.99. The maximum Gasteiger partial charge on any atom is 0.354 e. The fourth-order valence-electron chi connectivity index (χ4n) is 1.58. The maximum absolute atomic E-state index is 12.3. The summed E-state index contributed by atoms with van der Waals surface area (Å²) in [5.41, 5.74) is -0.333. The molecule has 1 aromatic rings. The van der Waals surface area contributed by atoms with Crippen LogP contribution in [0.25, 0.3) is 0 Å². The van der Waals surface area contributed by atoms with Gasteiger partial charge >= 0.3 is 5.97 Å². The van der Waals surface area contributed by atoms with Crippen LogP contribution in [0.2, 0.25) is 0 Å². The van der Waals surface area contributed by atoms with E-state index in [2.05, 4.69) is 4.72 Å². The lowest BCUT2D eigenvalue weighted by Crippen LogP contribution is -2.42. The molecule has 0 aliphatic rings. The van der Waals surface area contributed by atoms with Crippen LogP contribution in [0.4, 0.5) is 0 Å². The number of ether oxygens (including phenoxy) is 1. The second-order valence-corrected chi connectivity index (χ2v) is 6.92. The van der Waals surface area contributed by atoms with Crippen molar-refractivity contribution in [2.45, 2.75) is 44.6 Å². The molecule has 20 heavy (non-hydrogen) atoms. The Morgan fingerprint density at radius 2 is 2.00 bits per heavy atom. The fraction of sp³-hybridized carbons (Fsp3) is 0.615. The Bertz CT molecular complexity index is 588. The molecule has 7 heteroatoms. The van der Waals surface area contributed by atoms with E-state index in [1.54, 1.807) is 27.8 Å². The van der Waals surface area contributed by atoms with Crippen molar-refractivity contribution in [1.29, 1.82) is 0 Å². The molecule has 0 spiro atoms. The number of carbonyl (C=O) groups is 1. The van der Waals surface area contributed by atoms with E-state index in [0.29, 0.717) is 6.42 Å². The number of nitrogens with zero attached hydrogens (tertiary/aromatic N) is 1. The number of hydrogen-bond donors (Lipinski definition) is 1. The third kappa shape index (κ3) is 3.83. The minimum absolute atomic E-state index is 0.0598. The van der Waals surface area contributed by atoms with Crippen molar-refractivity contribution in [3.63, 3.8) is 0 Å². The van der Waals surface area contributed by atoms with E-state index < -0.39 is 21.5 Å². The van der Waals surface area contributed by atoms with Gasteiger partial charge in [0.2, 0.25) is 10.0 Å². The van der Waals surface area contributed by atoms with Crippen LogP contribution < -0.4 is 4.72 Å². The van der Waals surface area contributed by atoms with Gasteiger partial charge in [0.05, 0.1) is 6.61 Å². The minimum Gasteiger partial charge on any atom is -0.461 e. The molecule has 0 atom stereocenters. The van der Waals surface area contributed by atoms with Gasteiger partial charge in [0, 0.05) is 18.8 Å². The van der Waals surface area contributed by atoms with E-state index in [-0.39, 0.29) is 17.2 Å². The van der Waals surface area contributed by atoms with E-state index in [1.165, 1.54) is 16.8 Å². The highest BCUT2D eigenvalue weighted by Gasteiger charge is 2.27. The van der Waals surface area contributed by atoms with Gasteiger partial charge in [-0.05, 0) is 33.3 Å². The number of sulfonamides is 1. The van der Waals surface area contributed by atoms with Crippen LogP contribution in [0.3, 0.4) is 0 Å². The molecule has 0 bridgehead atoms. The number of hydrogen-bond acceptors (Lipinski definition) is 4. The Labute approximate surface area is 120 Å². The number of aryl methyl sites for hydroxylation is 1. The smallest absolute Gasteiger partial charge is 0.354 e. The molecule has 0 aliphatic heterocycles. The topological polar surface area (TPSA) is 77.4 Å². The SMILES string of the molecule is CCOC(=O)c1cc(S(=O)(=O)NC(C)(C)CC)cn1C. The van der Waals surface area contributed by atoms with E-state index in [9.17, 15) is 13.2 Å². The quantitative estimate of drug-likeness (QED) is 0.811. The molecule has 1 rings (SSSR count). The standard InChI is InChI=1S/C13H22N2O4S/c1-6-13(3,4)14-20(17,18)10-8-11(15(5)9-10)12(16)19-7-2/h8-9,14H,6-7H2,1-5H3. The van der Waals surface area contributed by atoms with E-state index in [1.807, 2.05) is 6.92 Å². The lowest BCUT2D eigenvalue weighted by molar-refractivity contribution is 0.0515. The van der Waals surface area contributed by atoms with Crippen LogP contribution in [0.5, 0.6) is 0 Å². The highest BCUT2D eigenvalue weighted by Crippen LogP contribution is 2.18. The Balaban J connectivity index is 3.09. The first kappa shape index (κ1) is 16.7. The lowest BCUT2D eigenvalue weighted by atomic mass is 10.0. The normalized spacial score (nSPS) is 12.4. The second-order valence-electron chi connectivity index (χ2n) is 5.24. The van der Waals surface area contributed by atoms with Crippen molar-refractivity contribution >= 4 is 16.0 Å². The van der Waals surface area contributed by atoms with Gasteiger partial charge in [-0.2, -0.15) is 0 Å². The van der Waals surface area contributed by atoms with Crippen molar-refractivity contribution in [3.05, 3.63) is 18.0 Å². The Morgan fingerprint density at radius 3 is 2.50 bits per heavy atom. The van der Waals surface area contributed by atoms with Crippen LogP contribution in [0, 0.1) is 0 Å². The van der Waals surface area contributed by atoms with Gasteiger partial charge in [0.25, 0.3) is 0 Å². The number of nitrogens with one attached hydrogen (secondary N) is 1. The third-order valence-electron chi connectivity index (χ3n) is 3.07. The molecule has 0 radical (unpaired) electrons. The number of carbonyl (C=O) groups excluding carboxylic acids is 1. The highest BCUT2D eigenvalue weighted by atomic mass is 32.2. The molecule has 0 saturated heterocycles. The highest BCUT2D eigenvalue weighted by molar-refractivity contribution is 7.89. The summed E-state index contributed by atoms with van der Waals surface area (Å²) in [5, 5.41) is 0. The van der Waals surface area contributed by atoms with Gasteiger partial charge in [-0.15, -0.1) is 0 Å². The number of aromatic nitrogens is 1. The van der Waals surface area contributed by atoms with E-state index in [0.717, 1.165) is 0 Å². The molecule has 0 amide bonds. The van der Waals surface area contributed by atoms with E-state index in [4.69, 9.17) is 4.74 Å². The van der Waals surface area contributed by atoms with Crippen molar-refractivity contribution in [3.8, 4) is 0 Å². The average Bonchev–Trinajstić information content (AvgIpc) is 2.71. The number of esters is 1. The second kappa shape index (κ2) is 5.97. The minimum atomic E-state index is -3.66. The zero-order valence-corrected chi connectivity index (χ0v) is 13.4. The van der Waals surface area contributed by atoms with Gasteiger partial charge in [-0.25, -0.2) is 17.9 Å². The van der Waals surface area contributed by atoms with Crippen molar-refractivity contribution in [1.82, 2.24) is 9.29 Å². The fourth-order valence-corrected chi connectivity index (χ4v) is 3.14. The van der Waals surface area contributed by atoms with Crippen LogP contribution in [-0.2, 0) is 21.8 Å². The molecule has 1 aromatic heterocycles. The first-order valence-electron chi connectivity index (χ1n) is 6.50. The van der Waals surface area contributed by atoms with Crippen LogP contribution in [-0.4, -0.2) is 31.1 Å². The molecule has 0 aliphatic carbocycles. The summed E-state index contributed by atoms with van der Waals surface area (Å²) in [5.74, 6) is -0.536. The summed E-state index contributed by atoms with van der Waals surface area (Å²) in [6.45, 7) is 7.45. The maximum atomic E-state index is 12.3. The molecule has 0 saturated carbocycles. The Hall–Kier alpha value is -1.34. The summed E-state index contributed by atoms with van der Waals surface area (Å²) < 4.78 is 33.5. The van der Waals surface area contributed by atoms with Crippen molar-refractivity contribution < 1.29 is 17.9 Å². The van der Waals surface area contributed by atoms with Crippen LogP contribution >= 0.6 is 0 Å². The van der Waals surface area contributed by atoms with Gasteiger partial charge < -0.3 is 9.30 Å². The van der Waals surface area contributed by atoms with Gasteiger partial charge in [0.15, 0.2) is 0 Å². The van der Waals surface area contributed by atoms with Gasteiger partial charge in [-0.3, -0.25) is 0 Å². The van der Waals surface area contributed by atoms with Gasteiger partial charge in [0.1, 0.15) is 10.6 Å². The Morgan fingerprint density at radius 1 is 1.40 bits per heavy atom. The van der Waals surface area contributed by atoms with Crippen molar-refractivity contribution in [2.75, 3.05) is 6.61 Å². The third-order valence-corrected chi connectivity index (χ3v) is 4.73. The van der Waals surface area contributed by atoms with E-state index >= 15 is 0 Å². The summed E-state index contributed by atoms with van der Waals surface area (Å²) in [6.07, 6.45) is 2.06. The zero-order chi connectivity index (χ0) is 15.6. The average molecular weight is 302 g/mol. The molecular formula is C13H22N2O4S. The molecule has 0 unspecified atom stereocenters. The summed E-state index contributed by atoms with van der Waals surface area (Å²) in [4.78, 5) is 11.7. The summed E-state index contributed by atoms with van der Waals surface area (Å²) >= 11 is 0. The first-order valence-corrected chi connectivity index (χ1v) is 7.98. The molecule has 6 nitrogen and oxygen atoms in total. The predicted molar refractivity (Wildman–Crippen MR) is 76.1 cm³/mol. The molecule has 1 N–H and O–H groups in total. The molecular weight excluding hydrogens is 280 g/mol. The van der Waals surface area contributed by atoms with Crippen LogP contribution in [0.15, 0.2) is 17.2 Å². The zero-order valence-electron chi connectivity index (χ0n) is 12.6. The first-order chi connectivity index (χ1) is 9.13. The summed E-state index contributed by atoms with van der Waals surface area (Å²) in [7, 11) is -2.05. The monoisotopic (exact) mass is 302 g/mol.